The van der Waals surface area contributed by atoms with Crippen molar-refractivity contribution >= 4 is 5.91 Å². The van der Waals surface area contributed by atoms with Crippen LogP contribution < -0.4 is 5.32 Å². The summed E-state index contributed by atoms with van der Waals surface area (Å²) in [6, 6.07) is -0.986. The average molecular weight is 963 g/mol. The number of rotatable bonds is 58. The molecule has 0 spiro atoms. The first-order valence-corrected chi connectivity index (χ1v) is 31.1. The van der Waals surface area contributed by atoms with Crippen LogP contribution in [0.15, 0.2) is 12.2 Å². The van der Waals surface area contributed by atoms with Gasteiger partial charge in [-0.1, -0.05) is 321 Å². The third kappa shape index (κ3) is 50.0. The molecule has 0 radical (unpaired) electrons. The summed E-state index contributed by atoms with van der Waals surface area (Å²) < 4.78 is 0. The molecule has 0 saturated heterocycles. The average Bonchev–Trinajstić information content (AvgIpc) is 3.34. The molecule has 5 N–H and O–H groups in total. The SMILES string of the molecule is CCCCCCCCCCCCCC/C=C\CCCCCCCCCCC(O)C(=O)NC(CO)C(O)C(O)CCCCCCCCCCCCCCCCCCCCCCCCCCCCCC. The van der Waals surface area contributed by atoms with Crippen molar-refractivity contribution in [2.45, 2.75) is 372 Å². The molecule has 0 rings (SSSR count). The predicted octanol–water partition coefficient (Wildman–Crippen LogP) is 18.4. The van der Waals surface area contributed by atoms with Crippen LogP contribution in [0.1, 0.15) is 348 Å². The normalized spacial score (nSPS) is 13.7. The minimum atomic E-state index is -1.26. The quantitative estimate of drug-likeness (QED) is 0.0308. The van der Waals surface area contributed by atoms with Crippen LogP contribution in [-0.4, -0.2) is 57.3 Å². The van der Waals surface area contributed by atoms with Gasteiger partial charge in [0, 0.05) is 0 Å². The number of hydrogen-bond acceptors (Lipinski definition) is 5. The number of hydrogen-bond donors (Lipinski definition) is 5. The molecule has 4 unspecified atom stereocenters. The van der Waals surface area contributed by atoms with Crippen LogP contribution in [0.5, 0.6) is 0 Å². The lowest BCUT2D eigenvalue weighted by Crippen LogP contribution is -2.53. The van der Waals surface area contributed by atoms with Crippen LogP contribution in [0, 0.1) is 0 Å². The molecule has 0 saturated carbocycles. The van der Waals surface area contributed by atoms with Crippen molar-refractivity contribution in [3.05, 3.63) is 12.2 Å². The monoisotopic (exact) mass is 962 g/mol. The zero-order valence-electron chi connectivity index (χ0n) is 46.1. The first-order chi connectivity index (χ1) is 33.5. The third-order valence-electron chi connectivity index (χ3n) is 15.0. The molecule has 0 aromatic rings. The minimum Gasteiger partial charge on any atom is -0.394 e. The second kappa shape index (κ2) is 57.0. The number of aliphatic hydroxyl groups is 4. The fraction of sp³-hybridized carbons (Fsp3) is 0.952. The van der Waals surface area contributed by atoms with E-state index in [1.54, 1.807) is 0 Å². The molecule has 1 amide bonds. The van der Waals surface area contributed by atoms with E-state index in [0.717, 1.165) is 38.5 Å². The lowest BCUT2D eigenvalue weighted by molar-refractivity contribution is -0.132. The highest BCUT2D eigenvalue weighted by atomic mass is 16.3. The van der Waals surface area contributed by atoms with Gasteiger partial charge in [0.1, 0.15) is 12.2 Å². The van der Waals surface area contributed by atoms with Crippen LogP contribution in [0.4, 0.5) is 0 Å². The van der Waals surface area contributed by atoms with Gasteiger partial charge in [-0.25, -0.2) is 0 Å². The van der Waals surface area contributed by atoms with E-state index >= 15 is 0 Å². The van der Waals surface area contributed by atoms with Crippen LogP contribution >= 0.6 is 0 Å². The van der Waals surface area contributed by atoms with Crippen molar-refractivity contribution in [2.75, 3.05) is 6.61 Å². The van der Waals surface area contributed by atoms with Crippen molar-refractivity contribution in [2.24, 2.45) is 0 Å². The summed E-state index contributed by atoms with van der Waals surface area (Å²) >= 11 is 0. The van der Waals surface area contributed by atoms with Crippen molar-refractivity contribution in [1.29, 1.82) is 0 Å². The molecular formula is C62H123NO5. The van der Waals surface area contributed by atoms with Crippen LogP contribution in [0.2, 0.25) is 0 Å². The molecule has 0 aliphatic carbocycles. The minimum absolute atomic E-state index is 0.369. The Balaban J connectivity index is 3.57. The standard InChI is InChI=1S/C62H123NO5/c1-3-5-7-9-11-13-15-17-19-21-23-25-27-29-30-31-32-34-35-37-39-41-43-45-47-49-51-53-55-59(65)61(67)58(57-64)63-62(68)60(66)56-54-52-50-48-46-44-42-40-38-36-33-28-26-24-22-20-18-16-14-12-10-8-6-4-2/h33,36,58-61,64-67H,3-32,34-35,37-57H2,1-2H3,(H,63,68)/b36-33-. The largest absolute Gasteiger partial charge is 0.394 e. The molecule has 0 aromatic heterocycles. The number of aliphatic hydroxyl groups excluding tert-OH is 4. The van der Waals surface area contributed by atoms with E-state index in [-0.39, 0.29) is 0 Å². The third-order valence-corrected chi connectivity index (χ3v) is 15.0. The van der Waals surface area contributed by atoms with Crippen LogP contribution in [0.3, 0.4) is 0 Å². The maximum absolute atomic E-state index is 12.6. The summed E-state index contributed by atoms with van der Waals surface area (Å²) in [5.74, 6) is -0.580. The Labute approximate surface area is 425 Å². The highest BCUT2D eigenvalue weighted by molar-refractivity contribution is 5.80. The van der Waals surface area contributed by atoms with Crippen molar-refractivity contribution in [1.82, 2.24) is 5.32 Å². The second-order valence-electron chi connectivity index (χ2n) is 21.8. The van der Waals surface area contributed by atoms with E-state index in [0.29, 0.717) is 12.8 Å². The Bertz CT molecular complexity index is 990. The van der Waals surface area contributed by atoms with E-state index < -0.39 is 36.9 Å². The van der Waals surface area contributed by atoms with Gasteiger partial charge in [0.15, 0.2) is 0 Å². The molecule has 0 fully saturated rings. The van der Waals surface area contributed by atoms with E-state index in [1.807, 2.05) is 0 Å². The zero-order chi connectivity index (χ0) is 49.5. The molecule has 406 valence electrons. The van der Waals surface area contributed by atoms with Crippen molar-refractivity contribution in [3.8, 4) is 0 Å². The Hall–Kier alpha value is -0.950. The molecule has 0 aliphatic heterocycles. The molecule has 0 bridgehead atoms. The van der Waals surface area contributed by atoms with E-state index in [4.69, 9.17) is 0 Å². The summed E-state index contributed by atoms with van der Waals surface area (Å²) in [5.41, 5.74) is 0. The van der Waals surface area contributed by atoms with Crippen LogP contribution in [0.25, 0.3) is 0 Å². The predicted molar refractivity (Wildman–Crippen MR) is 298 cm³/mol. The summed E-state index contributed by atoms with van der Waals surface area (Å²) in [4.78, 5) is 12.6. The van der Waals surface area contributed by atoms with E-state index in [1.165, 1.54) is 283 Å². The Morgan fingerprint density at radius 3 is 0.853 bits per heavy atom. The zero-order valence-corrected chi connectivity index (χ0v) is 46.1. The molecule has 6 nitrogen and oxygen atoms in total. The fourth-order valence-electron chi connectivity index (χ4n) is 10.1. The molecule has 0 heterocycles. The number of allylic oxidation sites excluding steroid dienone is 2. The fourth-order valence-corrected chi connectivity index (χ4v) is 10.1. The number of carbonyl (C=O) groups excluding carboxylic acids is 1. The molecule has 68 heavy (non-hydrogen) atoms. The smallest absolute Gasteiger partial charge is 0.249 e. The van der Waals surface area contributed by atoms with Crippen molar-refractivity contribution < 1.29 is 25.2 Å². The van der Waals surface area contributed by atoms with Gasteiger partial charge in [-0.3, -0.25) is 4.79 Å². The summed E-state index contributed by atoms with van der Waals surface area (Å²) in [7, 11) is 0. The number of unbranched alkanes of at least 4 members (excludes halogenated alkanes) is 47. The van der Waals surface area contributed by atoms with Gasteiger partial charge >= 0.3 is 0 Å². The Kier molecular flexibility index (Phi) is 56.2. The molecule has 4 atom stereocenters. The van der Waals surface area contributed by atoms with Crippen LogP contribution in [-0.2, 0) is 4.79 Å². The maximum Gasteiger partial charge on any atom is 0.249 e. The Morgan fingerprint density at radius 2 is 0.588 bits per heavy atom. The molecule has 0 aliphatic rings. The van der Waals surface area contributed by atoms with E-state index in [9.17, 15) is 25.2 Å². The highest BCUT2D eigenvalue weighted by Crippen LogP contribution is 2.19. The second-order valence-corrected chi connectivity index (χ2v) is 21.8. The van der Waals surface area contributed by atoms with Gasteiger partial charge in [0.25, 0.3) is 0 Å². The van der Waals surface area contributed by atoms with Gasteiger partial charge < -0.3 is 25.7 Å². The first kappa shape index (κ1) is 67.0. The summed E-state index contributed by atoms with van der Waals surface area (Å²) in [5, 5.41) is 44.1. The lowest BCUT2D eigenvalue weighted by atomic mass is 9.99. The van der Waals surface area contributed by atoms with Gasteiger partial charge in [0.2, 0.25) is 5.91 Å². The van der Waals surface area contributed by atoms with Gasteiger partial charge in [0.05, 0.1) is 18.8 Å². The summed E-state index contributed by atoms with van der Waals surface area (Å²) in [6.07, 6.45) is 68.7. The van der Waals surface area contributed by atoms with E-state index in [2.05, 4.69) is 31.3 Å². The van der Waals surface area contributed by atoms with Gasteiger partial charge in [-0.05, 0) is 38.5 Å². The summed E-state index contributed by atoms with van der Waals surface area (Å²) in [6.45, 7) is 4.10. The maximum atomic E-state index is 12.6. The molecular weight excluding hydrogens is 839 g/mol. The first-order valence-electron chi connectivity index (χ1n) is 31.1. The molecule has 0 aromatic carbocycles. The number of carbonyl (C=O) groups is 1. The highest BCUT2D eigenvalue weighted by Gasteiger charge is 2.28. The van der Waals surface area contributed by atoms with Gasteiger partial charge in [-0.15, -0.1) is 0 Å². The Morgan fingerprint density at radius 1 is 0.353 bits per heavy atom. The topological polar surface area (TPSA) is 110 Å². The number of nitrogens with one attached hydrogen (secondary N) is 1. The number of amides is 1. The van der Waals surface area contributed by atoms with Crippen molar-refractivity contribution in [3.63, 3.8) is 0 Å². The lowest BCUT2D eigenvalue weighted by Gasteiger charge is -2.27. The van der Waals surface area contributed by atoms with Gasteiger partial charge in [-0.2, -0.15) is 0 Å². The molecule has 6 heteroatoms.